The first kappa shape index (κ1) is 20.2. The molecule has 5 atom stereocenters. The zero-order chi connectivity index (χ0) is 20.4. The van der Waals surface area contributed by atoms with E-state index in [1.54, 1.807) is 11.0 Å². The third-order valence-electron chi connectivity index (χ3n) is 5.45. The summed E-state index contributed by atoms with van der Waals surface area (Å²) in [6.45, 7) is 2.13. The van der Waals surface area contributed by atoms with E-state index in [0.717, 1.165) is 24.6 Å². The number of rotatable bonds is 8. The Kier molecular flexibility index (Phi) is 6.05. The molecule has 2 N–H and O–H groups in total. The fourth-order valence-corrected chi connectivity index (χ4v) is 4.43. The van der Waals surface area contributed by atoms with Crippen LogP contribution in [-0.4, -0.2) is 83.2 Å². The van der Waals surface area contributed by atoms with Gasteiger partial charge in [0.2, 0.25) is 0 Å². The molecule has 3 aliphatic heterocycles. The zero-order valence-electron chi connectivity index (χ0n) is 15.5. The predicted molar refractivity (Wildman–Crippen MR) is 94.8 cm³/mol. The van der Waals surface area contributed by atoms with Crippen LogP contribution in [0.25, 0.3) is 0 Å². The summed E-state index contributed by atoms with van der Waals surface area (Å²) in [5.41, 5.74) is 2.42. The lowest BCUT2D eigenvalue weighted by Gasteiger charge is -2.29. The zero-order valence-corrected chi connectivity index (χ0v) is 16.3. The maximum Gasteiger partial charge on any atom is 0.346 e. The Bertz CT molecular complexity index is 764. The second kappa shape index (κ2) is 8.71. The molecule has 160 valence electrons. The number of fused-ring (bicyclic) bond motifs is 2. The number of carbonyl (C=O) groups is 2. The Morgan fingerprint density at radius 1 is 1.45 bits per heavy atom. The highest BCUT2D eigenvalue weighted by Gasteiger charge is 2.48. The molecular formula is C15H22N7O6S-. The van der Waals surface area contributed by atoms with Crippen LogP contribution in [0.4, 0.5) is 4.79 Å². The topological polar surface area (TPSA) is 154 Å². The quantitative estimate of drug-likeness (QED) is 0.364. The Balaban J connectivity index is 1.20. The predicted octanol–water partition coefficient (Wildman–Crippen LogP) is -1.70. The molecule has 3 saturated heterocycles. The van der Waals surface area contributed by atoms with Crippen molar-refractivity contribution in [2.24, 2.45) is 5.92 Å². The maximum atomic E-state index is 12.5. The molecular weight excluding hydrogens is 406 g/mol. The average molecular weight is 428 g/mol. The lowest BCUT2D eigenvalue weighted by atomic mass is 10.0. The number of hydrogen-bond donors (Lipinski definition) is 2. The molecule has 0 aliphatic carbocycles. The monoisotopic (exact) mass is 428 g/mol. The Morgan fingerprint density at radius 2 is 2.31 bits per heavy atom. The minimum absolute atomic E-state index is 0.101. The molecule has 4 heterocycles. The number of aromatic nitrogens is 3. The van der Waals surface area contributed by atoms with Crippen LogP contribution in [0.2, 0.25) is 0 Å². The first-order valence-electron chi connectivity index (χ1n) is 9.36. The Hall–Kier alpha value is -2.13. The van der Waals surface area contributed by atoms with Gasteiger partial charge in [0.15, 0.2) is 0 Å². The van der Waals surface area contributed by atoms with E-state index in [2.05, 4.69) is 25.2 Å². The highest BCUT2D eigenvalue weighted by molar-refractivity contribution is 7.74. The van der Waals surface area contributed by atoms with Crippen LogP contribution in [0, 0.1) is 5.92 Å². The minimum atomic E-state index is -2.84. The van der Waals surface area contributed by atoms with E-state index in [1.165, 1.54) is 11.2 Å². The van der Waals surface area contributed by atoms with Gasteiger partial charge in [0.25, 0.3) is 5.91 Å². The molecule has 0 spiro atoms. The van der Waals surface area contributed by atoms with E-state index in [1.807, 2.05) is 0 Å². The summed E-state index contributed by atoms with van der Waals surface area (Å²) < 4.78 is 27.8. The van der Waals surface area contributed by atoms with Crippen molar-refractivity contribution in [2.45, 2.75) is 43.9 Å². The molecule has 3 fully saturated rings. The molecule has 0 radical (unpaired) electrons. The van der Waals surface area contributed by atoms with E-state index in [4.69, 9.17) is 4.84 Å². The van der Waals surface area contributed by atoms with Gasteiger partial charge in [-0.3, -0.25) is 14.3 Å². The molecule has 2 bridgehead atoms. The maximum absolute atomic E-state index is 12.5. The van der Waals surface area contributed by atoms with Crippen molar-refractivity contribution in [3.8, 4) is 0 Å². The number of amides is 3. The van der Waals surface area contributed by atoms with Crippen molar-refractivity contribution in [3.05, 3.63) is 12.7 Å². The number of hydroxylamine groups is 3. The normalized spacial score (nSPS) is 30.0. The van der Waals surface area contributed by atoms with Crippen LogP contribution in [0.3, 0.4) is 0 Å². The van der Waals surface area contributed by atoms with Crippen LogP contribution < -0.4 is 10.8 Å². The van der Waals surface area contributed by atoms with Crippen LogP contribution in [0.15, 0.2) is 12.7 Å². The van der Waals surface area contributed by atoms with Gasteiger partial charge < -0.3 is 14.8 Å². The largest absolute Gasteiger partial charge is 0.748 e. The molecule has 3 aliphatic rings. The SMILES string of the molecule is O=C(NOC[C@H]1C[C@@H](Cn2cncn2)CN1)C1CCC2CN1C(=O)N2OS(=O)[O-]. The molecule has 3 unspecified atom stereocenters. The summed E-state index contributed by atoms with van der Waals surface area (Å²) in [6.07, 6.45) is 4.93. The Labute approximate surface area is 169 Å². The molecule has 0 aromatic carbocycles. The van der Waals surface area contributed by atoms with Gasteiger partial charge in [0.05, 0.1) is 12.6 Å². The van der Waals surface area contributed by atoms with Gasteiger partial charge in [-0.25, -0.2) is 19.5 Å². The first-order valence-corrected chi connectivity index (χ1v) is 10.4. The second-order valence-corrected chi connectivity index (χ2v) is 7.95. The Morgan fingerprint density at radius 3 is 3.07 bits per heavy atom. The molecule has 0 saturated carbocycles. The van der Waals surface area contributed by atoms with Gasteiger partial charge in [-0.2, -0.15) is 14.4 Å². The number of piperidine rings is 1. The number of nitrogens with zero attached hydrogens (tertiary/aromatic N) is 5. The highest BCUT2D eigenvalue weighted by atomic mass is 32.2. The van der Waals surface area contributed by atoms with Crippen molar-refractivity contribution >= 4 is 23.3 Å². The van der Waals surface area contributed by atoms with Crippen LogP contribution >= 0.6 is 0 Å². The van der Waals surface area contributed by atoms with Crippen LogP contribution in [-0.2, 0) is 31.8 Å². The van der Waals surface area contributed by atoms with Crippen molar-refractivity contribution < 1.29 is 27.5 Å². The van der Waals surface area contributed by atoms with Crippen molar-refractivity contribution in [3.63, 3.8) is 0 Å². The third kappa shape index (κ3) is 4.56. The van der Waals surface area contributed by atoms with E-state index in [-0.39, 0.29) is 18.6 Å². The molecule has 1 aromatic heterocycles. The van der Waals surface area contributed by atoms with E-state index < -0.39 is 29.3 Å². The summed E-state index contributed by atoms with van der Waals surface area (Å²) in [7, 11) is 0. The summed E-state index contributed by atoms with van der Waals surface area (Å²) >= 11 is -2.84. The standard InChI is InChI=1S/C15H23N7O6S/c23-14(13-2-1-12-6-21(13)15(24)22(12)28-29(25)26)19-27-7-11-3-10(4-17-11)5-20-9-16-8-18-20/h8-13,17H,1-7H2,(H,19,23)(H,25,26)/p-1/t10-,11-,12?,13?/m1/s1. The third-order valence-corrected chi connectivity index (χ3v) is 5.73. The van der Waals surface area contributed by atoms with E-state index >= 15 is 0 Å². The fraction of sp³-hybridized carbons (Fsp3) is 0.733. The van der Waals surface area contributed by atoms with E-state index in [0.29, 0.717) is 25.4 Å². The molecule has 3 amide bonds. The number of carbonyl (C=O) groups excluding carboxylic acids is 2. The number of urea groups is 1. The van der Waals surface area contributed by atoms with Gasteiger partial charge in [-0.1, -0.05) is 0 Å². The fourth-order valence-electron chi connectivity index (χ4n) is 4.11. The molecule has 29 heavy (non-hydrogen) atoms. The van der Waals surface area contributed by atoms with E-state index in [9.17, 15) is 18.4 Å². The molecule has 14 heteroatoms. The highest BCUT2D eigenvalue weighted by Crippen LogP contribution is 2.30. The summed E-state index contributed by atoms with van der Waals surface area (Å²) in [6, 6.07) is -1.63. The second-order valence-electron chi connectivity index (χ2n) is 7.39. The van der Waals surface area contributed by atoms with Crippen LogP contribution in [0.5, 0.6) is 0 Å². The van der Waals surface area contributed by atoms with Crippen molar-refractivity contribution in [1.82, 2.24) is 35.5 Å². The smallest absolute Gasteiger partial charge is 0.346 e. The lowest BCUT2D eigenvalue weighted by Crippen LogP contribution is -2.50. The first-order chi connectivity index (χ1) is 14.0. The van der Waals surface area contributed by atoms with Gasteiger partial charge in [-0.15, -0.1) is 0 Å². The summed E-state index contributed by atoms with van der Waals surface area (Å²) in [5.74, 6) is -0.0323. The van der Waals surface area contributed by atoms with Crippen molar-refractivity contribution in [1.29, 1.82) is 0 Å². The van der Waals surface area contributed by atoms with Gasteiger partial charge >= 0.3 is 6.03 Å². The summed E-state index contributed by atoms with van der Waals surface area (Å²) in [5, 5.41) is 8.26. The van der Waals surface area contributed by atoms with Gasteiger partial charge in [0, 0.05) is 25.7 Å². The minimum Gasteiger partial charge on any atom is -0.748 e. The van der Waals surface area contributed by atoms with Gasteiger partial charge in [0.1, 0.15) is 30.1 Å². The lowest BCUT2D eigenvalue weighted by molar-refractivity contribution is -0.139. The summed E-state index contributed by atoms with van der Waals surface area (Å²) in [4.78, 5) is 35.4. The van der Waals surface area contributed by atoms with Gasteiger partial charge in [-0.05, 0) is 25.2 Å². The molecule has 1 aromatic rings. The molecule has 13 nitrogen and oxygen atoms in total. The van der Waals surface area contributed by atoms with Crippen molar-refractivity contribution in [2.75, 3.05) is 19.7 Å². The molecule has 4 rings (SSSR count). The number of nitrogens with one attached hydrogen (secondary N) is 2. The average Bonchev–Trinajstić information content (AvgIpc) is 3.41. The van der Waals surface area contributed by atoms with Crippen LogP contribution in [0.1, 0.15) is 19.3 Å². The number of hydrogen-bond acceptors (Lipinski definition) is 9.